The number of hydrogen-bond donors (Lipinski definition) is 1. The van der Waals surface area contributed by atoms with Crippen LogP contribution in [0.3, 0.4) is 0 Å². The molecule has 0 aliphatic carbocycles. The number of aliphatic carboxylic acids is 1. The number of aromatic nitrogens is 3. The summed E-state index contributed by atoms with van der Waals surface area (Å²) in [5.41, 5.74) is 0.176. The lowest BCUT2D eigenvalue weighted by atomic mass is 10.1. The van der Waals surface area contributed by atoms with Crippen molar-refractivity contribution in [2.24, 2.45) is 0 Å². The zero-order valence-electron chi connectivity index (χ0n) is 8.81. The normalized spacial score (nSPS) is 11.9. The van der Waals surface area contributed by atoms with Crippen LogP contribution in [0.4, 0.5) is 0 Å². The molecule has 0 bridgehead atoms. The molecule has 0 amide bonds. The van der Waals surface area contributed by atoms with Crippen molar-refractivity contribution in [3.05, 3.63) is 23.1 Å². The molecule has 0 aromatic carbocycles. The van der Waals surface area contributed by atoms with Crippen LogP contribution in [0.15, 0.2) is 23.1 Å². The maximum Gasteiger partial charge on any atom is 0.329 e. The van der Waals surface area contributed by atoms with Crippen molar-refractivity contribution in [3.63, 3.8) is 0 Å². The van der Waals surface area contributed by atoms with Crippen LogP contribution in [0.1, 0.15) is 13.8 Å². The predicted octanol–water partition coefficient (Wildman–Crippen LogP) is 2.01. The molecule has 0 spiro atoms. The lowest BCUT2D eigenvalue weighted by Crippen LogP contribution is -2.35. The first-order valence-electron chi connectivity index (χ1n) is 4.65. The number of halogens is 1. The topological polar surface area (TPSA) is 68.0 Å². The molecular formula is C10H10BrN3O2. The van der Waals surface area contributed by atoms with Gasteiger partial charge in [0.15, 0.2) is 5.65 Å². The molecule has 0 aliphatic rings. The lowest BCUT2D eigenvalue weighted by Gasteiger charge is -2.21. The highest BCUT2D eigenvalue weighted by atomic mass is 79.9. The molecule has 2 heterocycles. The molecule has 0 atom stereocenters. The Morgan fingerprint density at radius 1 is 1.50 bits per heavy atom. The highest BCUT2D eigenvalue weighted by Crippen LogP contribution is 2.22. The molecule has 2 rings (SSSR count). The summed E-state index contributed by atoms with van der Waals surface area (Å²) in [6.07, 6.45) is 3.12. The first-order valence-corrected chi connectivity index (χ1v) is 5.44. The van der Waals surface area contributed by atoms with Crippen molar-refractivity contribution in [3.8, 4) is 0 Å². The molecule has 0 radical (unpaired) electrons. The number of hydrogen-bond acceptors (Lipinski definition) is 3. The second-order valence-corrected chi connectivity index (χ2v) is 4.89. The van der Waals surface area contributed by atoms with Gasteiger partial charge in [-0.05, 0) is 35.8 Å². The van der Waals surface area contributed by atoms with Gasteiger partial charge in [-0.1, -0.05) is 0 Å². The Labute approximate surface area is 100 Å². The Bertz CT molecular complexity index is 562. The maximum absolute atomic E-state index is 11.1. The zero-order chi connectivity index (χ0) is 11.9. The van der Waals surface area contributed by atoms with Gasteiger partial charge in [-0.25, -0.2) is 14.8 Å². The average Bonchev–Trinajstić information content (AvgIpc) is 2.60. The molecule has 84 valence electrons. The summed E-state index contributed by atoms with van der Waals surface area (Å²) in [6.45, 7) is 3.22. The fourth-order valence-electron chi connectivity index (χ4n) is 1.39. The van der Waals surface area contributed by atoms with Crippen LogP contribution in [0, 0.1) is 0 Å². The van der Waals surface area contributed by atoms with Gasteiger partial charge in [0.1, 0.15) is 11.1 Å². The van der Waals surface area contributed by atoms with E-state index in [-0.39, 0.29) is 0 Å². The van der Waals surface area contributed by atoms with Crippen LogP contribution in [0.25, 0.3) is 11.2 Å². The Morgan fingerprint density at radius 2 is 2.19 bits per heavy atom. The zero-order valence-corrected chi connectivity index (χ0v) is 10.4. The quantitative estimate of drug-likeness (QED) is 0.916. The highest BCUT2D eigenvalue weighted by Gasteiger charge is 2.31. The third-order valence-electron chi connectivity index (χ3n) is 2.48. The van der Waals surface area contributed by atoms with Gasteiger partial charge in [0.25, 0.3) is 0 Å². The highest BCUT2D eigenvalue weighted by molar-refractivity contribution is 9.10. The molecule has 0 aliphatic heterocycles. The van der Waals surface area contributed by atoms with Gasteiger partial charge in [0, 0.05) is 10.7 Å². The van der Waals surface area contributed by atoms with E-state index in [1.807, 2.05) is 0 Å². The summed E-state index contributed by atoms with van der Waals surface area (Å²) in [6, 6.07) is 1.80. The van der Waals surface area contributed by atoms with Crippen molar-refractivity contribution in [1.29, 1.82) is 0 Å². The molecule has 0 saturated carbocycles. The fourth-order valence-corrected chi connectivity index (χ4v) is 1.71. The first-order chi connectivity index (χ1) is 7.43. The van der Waals surface area contributed by atoms with E-state index in [1.165, 1.54) is 6.33 Å². The lowest BCUT2D eigenvalue weighted by molar-refractivity contribution is -0.145. The molecule has 16 heavy (non-hydrogen) atoms. The van der Waals surface area contributed by atoms with Gasteiger partial charge >= 0.3 is 5.97 Å². The number of rotatable bonds is 2. The van der Waals surface area contributed by atoms with E-state index >= 15 is 0 Å². The number of nitrogens with zero attached hydrogens (tertiary/aromatic N) is 3. The number of fused-ring (bicyclic) bond motifs is 1. The smallest absolute Gasteiger partial charge is 0.329 e. The van der Waals surface area contributed by atoms with Crippen LogP contribution >= 0.6 is 15.9 Å². The summed E-state index contributed by atoms with van der Waals surface area (Å²) in [5, 5.41) is 9.14. The van der Waals surface area contributed by atoms with E-state index in [1.54, 1.807) is 30.7 Å². The molecule has 1 N–H and O–H groups in total. The van der Waals surface area contributed by atoms with Crippen molar-refractivity contribution in [2.75, 3.05) is 0 Å². The number of carbonyl (C=O) groups is 1. The summed E-state index contributed by atoms with van der Waals surface area (Å²) in [7, 11) is 0. The van der Waals surface area contributed by atoms with Crippen molar-refractivity contribution >= 4 is 33.1 Å². The predicted molar refractivity (Wildman–Crippen MR) is 62.2 cm³/mol. The van der Waals surface area contributed by atoms with Crippen molar-refractivity contribution < 1.29 is 9.90 Å². The van der Waals surface area contributed by atoms with Crippen LogP contribution in [-0.2, 0) is 10.3 Å². The van der Waals surface area contributed by atoms with Gasteiger partial charge in [-0.2, -0.15) is 0 Å². The summed E-state index contributed by atoms with van der Waals surface area (Å²) in [5.74, 6) is -0.920. The van der Waals surface area contributed by atoms with E-state index < -0.39 is 11.5 Å². The molecule has 6 heteroatoms. The monoisotopic (exact) mass is 283 g/mol. The van der Waals surface area contributed by atoms with Gasteiger partial charge in [-0.15, -0.1) is 0 Å². The minimum atomic E-state index is -1.06. The van der Waals surface area contributed by atoms with E-state index in [0.29, 0.717) is 11.2 Å². The second-order valence-electron chi connectivity index (χ2n) is 3.98. The Balaban J connectivity index is 2.67. The van der Waals surface area contributed by atoms with Gasteiger partial charge in [0.05, 0.1) is 6.33 Å². The largest absolute Gasteiger partial charge is 0.480 e. The fraction of sp³-hybridized carbons (Fsp3) is 0.300. The summed E-state index contributed by atoms with van der Waals surface area (Å²) in [4.78, 5) is 19.5. The standard InChI is InChI=1S/C10H10BrN3O2/c1-10(2,9(15)16)14-5-13-7-3-6(11)4-12-8(7)14/h3-5H,1-2H3,(H,15,16). The number of carboxylic acids is 1. The number of imidazole rings is 1. The second kappa shape index (κ2) is 3.55. The number of pyridine rings is 1. The van der Waals surface area contributed by atoms with Crippen LogP contribution in [0.5, 0.6) is 0 Å². The maximum atomic E-state index is 11.1. The molecule has 0 fully saturated rings. The minimum absolute atomic E-state index is 0.565. The Hall–Kier alpha value is -1.43. The van der Waals surface area contributed by atoms with E-state index in [4.69, 9.17) is 5.11 Å². The Morgan fingerprint density at radius 3 is 2.81 bits per heavy atom. The molecule has 0 saturated heterocycles. The average molecular weight is 284 g/mol. The van der Waals surface area contributed by atoms with E-state index in [2.05, 4.69) is 25.9 Å². The third kappa shape index (κ3) is 1.59. The van der Waals surface area contributed by atoms with Crippen molar-refractivity contribution in [1.82, 2.24) is 14.5 Å². The molecule has 2 aromatic heterocycles. The summed E-state index contributed by atoms with van der Waals surface area (Å²) < 4.78 is 2.37. The van der Waals surface area contributed by atoms with Gasteiger partial charge in [0.2, 0.25) is 0 Å². The third-order valence-corrected chi connectivity index (χ3v) is 2.91. The number of carboxylic acid groups (broad SMARTS) is 1. The van der Waals surface area contributed by atoms with Crippen molar-refractivity contribution in [2.45, 2.75) is 19.4 Å². The Kier molecular flexibility index (Phi) is 2.46. The van der Waals surface area contributed by atoms with Crippen LogP contribution < -0.4 is 0 Å². The SMILES string of the molecule is CC(C)(C(=O)O)n1cnc2cc(Br)cnc21. The van der Waals surface area contributed by atoms with E-state index in [0.717, 1.165) is 4.47 Å². The van der Waals surface area contributed by atoms with Crippen LogP contribution in [-0.4, -0.2) is 25.6 Å². The van der Waals surface area contributed by atoms with Gasteiger partial charge in [-0.3, -0.25) is 4.57 Å². The van der Waals surface area contributed by atoms with Crippen LogP contribution in [0.2, 0.25) is 0 Å². The van der Waals surface area contributed by atoms with E-state index in [9.17, 15) is 4.79 Å². The molecule has 2 aromatic rings. The first kappa shape index (κ1) is 11.1. The molecule has 5 nitrogen and oxygen atoms in total. The summed E-state index contributed by atoms with van der Waals surface area (Å²) >= 11 is 3.29. The minimum Gasteiger partial charge on any atom is -0.480 e. The molecule has 0 unspecified atom stereocenters. The molecular weight excluding hydrogens is 274 g/mol. The van der Waals surface area contributed by atoms with Gasteiger partial charge < -0.3 is 5.11 Å².